The zero-order chi connectivity index (χ0) is 16.8. The Morgan fingerprint density at radius 2 is 1.87 bits per heavy atom. The van der Waals surface area contributed by atoms with Crippen molar-refractivity contribution in [2.24, 2.45) is 11.8 Å². The first-order valence-electron chi connectivity index (χ1n) is 8.33. The Morgan fingerprint density at radius 3 is 2.35 bits per heavy atom. The molecule has 2 N–H and O–H groups in total. The van der Waals surface area contributed by atoms with Gasteiger partial charge in [0.1, 0.15) is 11.6 Å². The number of hydrogen-bond acceptors (Lipinski definition) is 5. The number of carbonyl (C=O) groups excluding carboxylic acids is 1. The molecule has 3 fully saturated rings. The lowest BCUT2D eigenvalue weighted by atomic mass is 9.72. The molecule has 2 saturated heterocycles. The summed E-state index contributed by atoms with van der Waals surface area (Å²) < 4.78 is 5.52. The first-order valence-corrected chi connectivity index (χ1v) is 9.32. The van der Waals surface area contributed by atoms with Gasteiger partial charge in [0.15, 0.2) is 0 Å². The summed E-state index contributed by atoms with van der Waals surface area (Å²) in [5, 5.41) is 12.7. The number of carboxylic acids is 1. The van der Waals surface area contributed by atoms with Gasteiger partial charge in [0.2, 0.25) is 0 Å². The molecular formula is C16H26N2O4S. The van der Waals surface area contributed by atoms with E-state index in [0.29, 0.717) is 18.8 Å². The van der Waals surface area contributed by atoms with Gasteiger partial charge in [-0.3, -0.25) is 10.1 Å². The molecule has 0 aromatic rings. The first kappa shape index (κ1) is 16.9. The predicted octanol–water partition coefficient (Wildman–Crippen LogP) is 2.14. The summed E-state index contributed by atoms with van der Waals surface area (Å²) in [6, 6.07) is -0.476. The molecule has 1 amide bonds. The van der Waals surface area contributed by atoms with E-state index in [-0.39, 0.29) is 22.8 Å². The molecule has 1 saturated carbocycles. The lowest BCUT2D eigenvalue weighted by molar-refractivity contribution is -0.139. The molecule has 0 radical (unpaired) electrons. The quantitative estimate of drug-likeness (QED) is 0.760. The fraction of sp³-hybridized carbons (Fsp3) is 0.875. The van der Waals surface area contributed by atoms with Gasteiger partial charge >= 0.3 is 12.1 Å². The second-order valence-electron chi connectivity index (χ2n) is 7.85. The van der Waals surface area contributed by atoms with Crippen LogP contribution in [-0.4, -0.2) is 57.4 Å². The number of carbonyl (C=O) groups is 2. The Hall–Kier alpha value is -0.950. The minimum absolute atomic E-state index is 0.181. The van der Waals surface area contributed by atoms with Crippen LogP contribution >= 0.6 is 11.8 Å². The van der Waals surface area contributed by atoms with E-state index in [1.165, 1.54) is 0 Å². The third-order valence-corrected chi connectivity index (χ3v) is 6.80. The molecule has 7 heteroatoms. The maximum absolute atomic E-state index is 12.4. The van der Waals surface area contributed by atoms with Gasteiger partial charge < -0.3 is 14.7 Å². The highest BCUT2D eigenvalue weighted by Crippen LogP contribution is 2.52. The average molecular weight is 342 g/mol. The van der Waals surface area contributed by atoms with E-state index in [2.05, 4.69) is 5.32 Å². The number of rotatable bonds is 1. The summed E-state index contributed by atoms with van der Waals surface area (Å²) in [5.41, 5.74) is -0.490. The van der Waals surface area contributed by atoms with Gasteiger partial charge in [-0.25, -0.2) is 4.79 Å². The Kier molecular flexibility index (Phi) is 4.29. The fourth-order valence-electron chi connectivity index (χ4n) is 4.09. The normalized spacial score (nSPS) is 37.0. The summed E-state index contributed by atoms with van der Waals surface area (Å²) in [6.07, 6.45) is 2.96. The van der Waals surface area contributed by atoms with Crippen molar-refractivity contribution in [2.75, 3.05) is 18.8 Å². The number of piperidine rings is 1. The summed E-state index contributed by atoms with van der Waals surface area (Å²) in [5.74, 6) is 0.408. The summed E-state index contributed by atoms with van der Waals surface area (Å²) in [4.78, 5) is 25.4. The van der Waals surface area contributed by atoms with Crippen molar-refractivity contribution in [1.29, 1.82) is 0 Å². The SMILES string of the molecule is CC(C)(C)OC(=O)N1CC2CCCC(C1)C21NC(C(=O)O)CS1. The maximum Gasteiger partial charge on any atom is 0.410 e. The van der Waals surface area contributed by atoms with Crippen molar-refractivity contribution in [3.8, 4) is 0 Å². The highest BCUT2D eigenvalue weighted by atomic mass is 32.2. The van der Waals surface area contributed by atoms with E-state index in [1.807, 2.05) is 25.7 Å². The van der Waals surface area contributed by atoms with Crippen molar-refractivity contribution in [3.05, 3.63) is 0 Å². The molecular weight excluding hydrogens is 316 g/mol. The highest BCUT2D eigenvalue weighted by molar-refractivity contribution is 8.01. The molecule has 1 spiro atoms. The standard InChI is InChI=1S/C16H26N2O4S/c1-15(2,3)22-14(21)18-7-10-5-4-6-11(8-18)16(10)17-12(9-23-16)13(19)20/h10-12,17H,4-9H2,1-3H3,(H,19,20). The molecule has 3 atom stereocenters. The Morgan fingerprint density at radius 1 is 1.26 bits per heavy atom. The molecule has 2 bridgehead atoms. The second kappa shape index (κ2) is 5.84. The molecule has 6 nitrogen and oxygen atoms in total. The largest absolute Gasteiger partial charge is 0.480 e. The molecule has 1 aliphatic carbocycles. The van der Waals surface area contributed by atoms with Crippen LogP contribution in [0, 0.1) is 11.8 Å². The van der Waals surface area contributed by atoms with Crippen LogP contribution in [0.1, 0.15) is 40.0 Å². The maximum atomic E-state index is 12.4. The van der Waals surface area contributed by atoms with Gasteiger partial charge in [-0.2, -0.15) is 0 Å². The lowest BCUT2D eigenvalue weighted by Crippen LogP contribution is -2.65. The predicted molar refractivity (Wildman–Crippen MR) is 88.4 cm³/mol. The smallest absolute Gasteiger partial charge is 0.410 e. The van der Waals surface area contributed by atoms with E-state index in [9.17, 15) is 14.7 Å². The number of nitrogens with one attached hydrogen (secondary N) is 1. The molecule has 3 unspecified atom stereocenters. The molecule has 3 aliphatic rings. The van der Waals surface area contributed by atoms with Crippen LogP contribution in [0.4, 0.5) is 4.79 Å². The molecule has 2 heterocycles. The number of ether oxygens (including phenoxy) is 1. The van der Waals surface area contributed by atoms with Crippen LogP contribution in [0.3, 0.4) is 0 Å². The fourth-order valence-corrected chi connectivity index (χ4v) is 5.84. The minimum atomic E-state index is -0.776. The topological polar surface area (TPSA) is 78.9 Å². The van der Waals surface area contributed by atoms with Crippen LogP contribution in [0.5, 0.6) is 0 Å². The van der Waals surface area contributed by atoms with Crippen molar-refractivity contribution in [3.63, 3.8) is 0 Å². The number of aliphatic carboxylic acids is 1. The van der Waals surface area contributed by atoms with E-state index >= 15 is 0 Å². The van der Waals surface area contributed by atoms with Gasteiger partial charge in [0, 0.05) is 30.7 Å². The molecule has 2 aliphatic heterocycles. The van der Waals surface area contributed by atoms with Gasteiger partial charge in [-0.05, 0) is 33.6 Å². The van der Waals surface area contributed by atoms with Crippen LogP contribution in [0.25, 0.3) is 0 Å². The highest BCUT2D eigenvalue weighted by Gasteiger charge is 2.57. The van der Waals surface area contributed by atoms with Gasteiger partial charge in [0.05, 0.1) is 4.87 Å². The van der Waals surface area contributed by atoms with Gasteiger partial charge in [-0.1, -0.05) is 6.42 Å². The summed E-state index contributed by atoms with van der Waals surface area (Å²) >= 11 is 1.75. The number of likely N-dealkylation sites (tertiary alicyclic amines) is 1. The van der Waals surface area contributed by atoms with Crippen LogP contribution in [-0.2, 0) is 9.53 Å². The van der Waals surface area contributed by atoms with E-state index in [0.717, 1.165) is 19.3 Å². The third kappa shape index (κ3) is 3.18. The number of carboxylic acid groups (broad SMARTS) is 1. The molecule has 0 aromatic heterocycles. The van der Waals surface area contributed by atoms with E-state index < -0.39 is 17.6 Å². The monoisotopic (exact) mass is 342 g/mol. The van der Waals surface area contributed by atoms with Gasteiger partial charge in [-0.15, -0.1) is 11.8 Å². The molecule has 3 rings (SSSR count). The number of hydrogen-bond donors (Lipinski definition) is 2. The molecule has 23 heavy (non-hydrogen) atoms. The zero-order valence-corrected chi connectivity index (χ0v) is 14.8. The summed E-state index contributed by atoms with van der Waals surface area (Å²) in [7, 11) is 0. The average Bonchev–Trinajstić information content (AvgIpc) is 2.82. The first-order chi connectivity index (χ1) is 10.7. The van der Waals surface area contributed by atoms with Crippen molar-refractivity contribution in [2.45, 2.75) is 56.5 Å². The molecule has 0 aromatic carbocycles. The van der Waals surface area contributed by atoms with E-state index in [1.54, 1.807) is 11.8 Å². The van der Waals surface area contributed by atoms with Crippen LogP contribution < -0.4 is 5.32 Å². The van der Waals surface area contributed by atoms with Crippen molar-refractivity contribution >= 4 is 23.8 Å². The van der Waals surface area contributed by atoms with Gasteiger partial charge in [0.25, 0.3) is 0 Å². The van der Waals surface area contributed by atoms with E-state index in [4.69, 9.17) is 4.74 Å². The minimum Gasteiger partial charge on any atom is -0.480 e. The van der Waals surface area contributed by atoms with Crippen LogP contribution in [0.15, 0.2) is 0 Å². The number of amides is 1. The Balaban J connectivity index is 1.74. The second-order valence-corrected chi connectivity index (χ2v) is 9.15. The Labute approximate surface area is 141 Å². The van der Waals surface area contributed by atoms with Crippen molar-refractivity contribution in [1.82, 2.24) is 10.2 Å². The lowest BCUT2D eigenvalue weighted by Gasteiger charge is -2.53. The molecule has 130 valence electrons. The van der Waals surface area contributed by atoms with Crippen molar-refractivity contribution < 1.29 is 19.4 Å². The number of nitrogens with zero attached hydrogens (tertiary/aromatic N) is 1. The number of thioether (sulfide) groups is 1. The Bertz CT molecular complexity index is 491. The summed E-state index contributed by atoms with van der Waals surface area (Å²) in [6.45, 7) is 6.94. The third-order valence-electron chi connectivity index (χ3n) is 5.04. The zero-order valence-electron chi connectivity index (χ0n) is 14.0. The van der Waals surface area contributed by atoms with Crippen LogP contribution in [0.2, 0.25) is 0 Å².